The number of hydrogen-bond donors (Lipinski definition) is 1. The molecule has 2 aliphatic heterocycles. The van der Waals surface area contributed by atoms with Crippen molar-refractivity contribution in [2.45, 2.75) is 25.0 Å². The summed E-state index contributed by atoms with van der Waals surface area (Å²) in [6, 6.07) is 8.13. The van der Waals surface area contributed by atoms with Crippen LogP contribution in [0.5, 0.6) is 11.5 Å². The average molecular weight is 446 g/mol. The van der Waals surface area contributed by atoms with E-state index in [4.69, 9.17) is 30.5 Å². The monoisotopic (exact) mass is 445 g/mol. The SMILES string of the molecule is Fc1ccc(Nc2ncnc3cc(OC4CCOC4)c(O[C@H]4CCOC4)cc23)cc1Cl. The van der Waals surface area contributed by atoms with Crippen molar-refractivity contribution in [3.63, 3.8) is 0 Å². The Hall–Kier alpha value is -2.68. The van der Waals surface area contributed by atoms with E-state index in [0.29, 0.717) is 54.9 Å². The topological polar surface area (TPSA) is 74.7 Å². The van der Waals surface area contributed by atoms with Crippen LogP contribution in [0.3, 0.4) is 0 Å². The zero-order valence-electron chi connectivity index (χ0n) is 16.6. The molecule has 5 rings (SSSR count). The number of aromatic nitrogens is 2. The maximum absolute atomic E-state index is 13.5. The summed E-state index contributed by atoms with van der Waals surface area (Å²) in [6.45, 7) is 2.44. The number of anilines is 2. The Kier molecular flexibility index (Phi) is 5.76. The zero-order valence-corrected chi connectivity index (χ0v) is 17.4. The van der Waals surface area contributed by atoms with Crippen LogP contribution in [0.2, 0.25) is 5.02 Å². The lowest BCUT2D eigenvalue weighted by Gasteiger charge is -2.20. The first kappa shape index (κ1) is 20.2. The molecule has 0 radical (unpaired) electrons. The fraction of sp³-hybridized carbons (Fsp3) is 0.364. The van der Waals surface area contributed by atoms with Gasteiger partial charge in [-0.3, -0.25) is 0 Å². The van der Waals surface area contributed by atoms with E-state index >= 15 is 0 Å². The third kappa shape index (κ3) is 4.51. The van der Waals surface area contributed by atoms with Gasteiger partial charge in [-0.2, -0.15) is 0 Å². The Balaban J connectivity index is 1.51. The Morgan fingerprint density at radius 3 is 2.32 bits per heavy atom. The highest BCUT2D eigenvalue weighted by molar-refractivity contribution is 6.31. The number of rotatable bonds is 6. The third-order valence-electron chi connectivity index (χ3n) is 5.25. The molecule has 2 saturated heterocycles. The van der Waals surface area contributed by atoms with Crippen molar-refractivity contribution in [1.29, 1.82) is 0 Å². The number of benzene rings is 2. The molecular weight excluding hydrogens is 425 g/mol. The van der Waals surface area contributed by atoms with Crippen molar-refractivity contribution < 1.29 is 23.3 Å². The minimum atomic E-state index is -0.480. The maximum atomic E-state index is 13.5. The molecule has 0 aliphatic carbocycles. The molecule has 1 unspecified atom stereocenters. The van der Waals surface area contributed by atoms with E-state index < -0.39 is 5.82 Å². The highest BCUT2D eigenvalue weighted by Gasteiger charge is 2.24. The highest BCUT2D eigenvalue weighted by atomic mass is 35.5. The summed E-state index contributed by atoms with van der Waals surface area (Å²) in [6.07, 6.45) is 3.03. The molecule has 0 saturated carbocycles. The second-order valence-corrected chi connectivity index (χ2v) is 7.91. The van der Waals surface area contributed by atoms with E-state index in [1.54, 1.807) is 6.07 Å². The Morgan fingerprint density at radius 1 is 0.968 bits per heavy atom. The number of halogens is 2. The molecule has 3 heterocycles. The summed E-state index contributed by atoms with van der Waals surface area (Å²) in [5, 5.41) is 3.96. The van der Waals surface area contributed by atoms with Crippen LogP contribution in [0.4, 0.5) is 15.9 Å². The van der Waals surface area contributed by atoms with Gasteiger partial charge in [0.25, 0.3) is 0 Å². The van der Waals surface area contributed by atoms with E-state index in [-0.39, 0.29) is 17.2 Å². The molecule has 3 aromatic rings. The summed E-state index contributed by atoms with van der Waals surface area (Å²) in [5.41, 5.74) is 1.30. The Morgan fingerprint density at radius 2 is 1.68 bits per heavy atom. The van der Waals surface area contributed by atoms with Crippen molar-refractivity contribution in [2.75, 3.05) is 31.7 Å². The fourth-order valence-corrected chi connectivity index (χ4v) is 3.81. The summed E-state index contributed by atoms with van der Waals surface area (Å²) >= 11 is 5.91. The van der Waals surface area contributed by atoms with Crippen LogP contribution in [-0.4, -0.2) is 48.6 Å². The van der Waals surface area contributed by atoms with Crippen LogP contribution < -0.4 is 14.8 Å². The van der Waals surface area contributed by atoms with Crippen molar-refractivity contribution >= 4 is 34.0 Å². The van der Waals surface area contributed by atoms with Crippen LogP contribution in [0.25, 0.3) is 10.9 Å². The summed E-state index contributed by atoms with van der Waals surface area (Å²) < 4.78 is 36.8. The lowest BCUT2D eigenvalue weighted by molar-refractivity contribution is 0.123. The predicted octanol–water partition coefficient (Wildman–Crippen LogP) is 4.50. The molecule has 0 bridgehead atoms. The molecule has 162 valence electrons. The lowest BCUT2D eigenvalue weighted by atomic mass is 10.2. The van der Waals surface area contributed by atoms with Gasteiger partial charge in [0.1, 0.15) is 30.2 Å². The summed E-state index contributed by atoms with van der Waals surface area (Å²) in [4.78, 5) is 8.75. The molecule has 7 nitrogen and oxygen atoms in total. The first-order chi connectivity index (χ1) is 15.2. The maximum Gasteiger partial charge on any atom is 0.163 e. The normalized spacial score (nSPS) is 20.8. The van der Waals surface area contributed by atoms with Crippen molar-refractivity contribution in [3.05, 3.63) is 47.5 Å². The van der Waals surface area contributed by atoms with E-state index in [1.807, 2.05) is 12.1 Å². The van der Waals surface area contributed by atoms with Crippen LogP contribution in [0.15, 0.2) is 36.7 Å². The minimum Gasteiger partial charge on any atom is -0.484 e. The van der Waals surface area contributed by atoms with Gasteiger partial charge >= 0.3 is 0 Å². The second-order valence-electron chi connectivity index (χ2n) is 7.50. The van der Waals surface area contributed by atoms with Gasteiger partial charge in [-0.05, 0) is 24.3 Å². The van der Waals surface area contributed by atoms with Crippen LogP contribution in [0.1, 0.15) is 12.8 Å². The summed E-state index contributed by atoms with van der Waals surface area (Å²) in [5.74, 6) is 1.29. The smallest absolute Gasteiger partial charge is 0.163 e. The molecule has 1 aromatic heterocycles. The third-order valence-corrected chi connectivity index (χ3v) is 5.54. The Labute approximate surface area is 183 Å². The Bertz CT molecular complexity index is 1090. The predicted molar refractivity (Wildman–Crippen MR) is 114 cm³/mol. The molecule has 2 fully saturated rings. The molecule has 31 heavy (non-hydrogen) atoms. The first-order valence-electron chi connectivity index (χ1n) is 10.2. The van der Waals surface area contributed by atoms with Gasteiger partial charge in [0.05, 0.1) is 37.0 Å². The van der Waals surface area contributed by atoms with E-state index in [1.165, 1.54) is 18.5 Å². The number of nitrogens with one attached hydrogen (secondary N) is 1. The number of hydrogen-bond acceptors (Lipinski definition) is 7. The van der Waals surface area contributed by atoms with Crippen molar-refractivity contribution in [1.82, 2.24) is 9.97 Å². The average Bonchev–Trinajstić information content (AvgIpc) is 3.46. The van der Waals surface area contributed by atoms with Crippen LogP contribution in [-0.2, 0) is 9.47 Å². The molecule has 0 spiro atoms. The molecule has 2 atom stereocenters. The summed E-state index contributed by atoms with van der Waals surface area (Å²) in [7, 11) is 0. The van der Waals surface area contributed by atoms with Gasteiger partial charge in [-0.15, -0.1) is 0 Å². The number of nitrogens with zero attached hydrogens (tertiary/aromatic N) is 2. The fourth-order valence-electron chi connectivity index (χ4n) is 3.63. The second kappa shape index (κ2) is 8.82. The number of ether oxygens (including phenoxy) is 4. The zero-order chi connectivity index (χ0) is 21.2. The van der Waals surface area contributed by atoms with Gasteiger partial charge < -0.3 is 24.3 Å². The first-order valence-corrected chi connectivity index (χ1v) is 10.5. The molecule has 2 aromatic carbocycles. The van der Waals surface area contributed by atoms with Crippen molar-refractivity contribution in [3.8, 4) is 11.5 Å². The van der Waals surface area contributed by atoms with Crippen molar-refractivity contribution in [2.24, 2.45) is 0 Å². The van der Waals surface area contributed by atoms with Gasteiger partial charge in [0.2, 0.25) is 0 Å². The van der Waals surface area contributed by atoms with Gasteiger partial charge in [0, 0.05) is 30.0 Å². The van der Waals surface area contributed by atoms with E-state index in [0.717, 1.165) is 18.2 Å². The number of fused-ring (bicyclic) bond motifs is 1. The highest BCUT2D eigenvalue weighted by Crippen LogP contribution is 2.37. The molecular formula is C22H21ClFN3O4. The molecule has 1 N–H and O–H groups in total. The minimum absolute atomic E-state index is 0.0274. The quantitative estimate of drug-likeness (QED) is 0.598. The van der Waals surface area contributed by atoms with Gasteiger partial charge in [-0.1, -0.05) is 11.6 Å². The molecule has 2 aliphatic rings. The standard InChI is InChI=1S/C22H21ClFN3O4/c23-17-7-13(1-2-18(17)24)27-22-16-8-20(30-14-3-5-28-10-14)21(9-19(16)25-12-26-22)31-15-4-6-29-11-15/h1-2,7-9,12,14-15H,3-6,10-11H2,(H,25,26,27)/t14-,15?/m0/s1. The van der Waals surface area contributed by atoms with E-state index in [9.17, 15) is 4.39 Å². The van der Waals surface area contributed by atoms with Crippen LogP contribution in [0, 0.1) is 5.82 Å². The lowest BCUT2D eigenvalue weighted by Crippen LogP contribution is -2.19. The van der Waals surface area contributed by atoms with Crippen LogP contribution >= 0.6 is 11.6 Å². The molecule has 0 amide bonds. The van der Waals surface area contributed by atoms with E-state index in [2.05, 4.69) is 15.3 Å². The van der Waals surface area contributed by atoms with Gasteiger partial charge in [0.15, 0.2) is 11.5 Å². The van der Waals surface area contributed by atoms with Gasteiger partial charge in [-0.25, -0.2) is 14.4 Å². The molecule has 9 heteroatoms. The largest absolute Gasteiger partial charge is 0.484 e.